The van der Waals surface area contributed by atoms with Gasteiger partial charge in [0.05, 0.1) is 6.61 Å². The van der Waals surface area contributed by atoms with Crippen LogP contribution in [-0.4, -0.2) is 64.9 Å². The fourth-order valence-electron chi connectivity index (χ4n) is 2.51. The van der Waals surface area contributed by atoms with E-state index in [0.717, 1.165) is 6.07 Å². The van der Waals surface area contributed by atoms with Crippen LogP contribution >= 0.6 is 23.5 Å². The molecule has 1 aromatic heterocycles. The highest BCUT2D eigenvalue weighted by Gasteiger charge is 2.70. The third-order valence-electron chi connectivity index (χ3n) is 3.85. The largest absolute Gasteiger partial charge is 0.490 e. The molecule has 190 valence electrons. The molecule has 1 aliphatic heterocycles. The van der Waals surface area contributed by atoms with E-state index in [2.05, 4.69) is 22.9 Å². The number of phosphoric ester groups is 1. The van der Waals surface area contributed by atoms with E-state index in [1.165, 1.54) is 0 Å². The van der Waals surface area contributed by atoms with E-state index in [-0.39, 0.29) is 10.4 Å². The molecule has 23 heteroatoms. The molecule has 1 fully saturated rings. The third kappa shape index (κ3) is 6.45. The predicted octanol–water partition coefficient (Wildman–Crippen LogP) is -0.302. The Balaban J connectivity index is 2.34. The number of halogens is 4. The van der Waals surface area contributed by atoms with Crippen molar-refractivity contribution in [1.29, 1.82) is 0 Å². The van der Waals surface area contributed by atoms with Gasteiger partial charge in [-0.05, 0) is 6.07 Å². The average Bonchev–Trinajstić information content (AvgIpc) is 2.82. The number of ether oxygens (including phenoxy) is 1. The maximum Gasteiger partial charge on any atom is 0.490 e. The van der Waals surface area contributed by atoms with Crippen molar-refractivity contribution in [1.82, 2.24) is 9.55 Å². The number of hydrogen-bond acceptors (Lipinski definition) is 11. The average molecular weight is 553 g/mol. The summed E-state index contributed by atoms with van der Waals surface area (Å²) in [7, 11) is -18.0. The summed E-state index contributed by atoms with van der Waals surface area (Å²) in [4.78, 5) is 50.2. The van der Waals surface area contributed by atoms with Crippen molar-refractivity contribution < 1.29 is 73.8 Å². The van der Waals surface area contributed by atoms with Crippen LogP contribution < -0.4 is 11.4 Å². The highest BCUT2D eigenvalue weighted by atomic mass is 31.3. The maximum atomic E-state index is 14.5. The van der Waals surface area contributed by atoms with Gasteiger partial charge in [-0.2, -0.15) is 26.8 Å². The number of alkyl halides is 4. The van der Waals surface area contributed by atoms with Crippen LogP contribution in [0.2, 0.25) is 0 Å². The Labute approximate surface area is 179 Å². The highest BCUT2D eigenvalue weighted by molar-refractivity contribution is 7.66. The Morgan fingerprint density at radius 3 is 2.24 bits per heavy atom. The van der Waals surface area contributed by atoms with E-state index >= 15 is 0 Å². The molecule has 2 unspecified atom stereocenters. The lowest BCUT2D eigenvalue weighted by Crippen LogP contribution is -2.57. The highest BCUT2D eigenvalue weighted by Crippen LogP contribution is 2.66. The third-order valence-corrected chi connectivity index (χ3v) is 7.63. The molecular weight excluding hydrogens is 539 g/mol. The van der Waals surface area contributed by atoms with Crippen molar-refractivity contribution in [2.45, 2.75) is 30.3 Å². The minimum atomic E-state index is -6.11. The van der Waals surface area contributed by atoms with Gasteiger partial charge in [0.15, 0.2) is 12.4 Å². The molecule has 6 atom stereocenters. The van der Waals surface area contributed by atoms with Gasteiger partial charge in [0.1, 0.15) is 11.9 Å². The number of hydrogen-bond donors (Lipinski definition) is 6. The maximum absolute atomic E-state index is 14.5. The predicted molar refractivity (Wildman–Crippen MR) is 92.5 cm³/mol. The van der Waals surface area contributed by atoms with Crippen molar-refractivity contribution in [2.75, 3.05) is 12.3 Å². The zero-order valence-corrected chi connectivity index (χ0v) is 18.1. The van der Waals surface area contributed by atoms with Crippen LogP contribution in [0.4, 0.5) is 23.4 Å². The second kappa shape index (κ2) is 9.07. The number of aliphatic hydroxyl groups excluding tert-OH is 1. The first-order valence-electron chi connectivity index (χ1n) is 7.89. The minimum Gasteiger partial charge on any atom is -0.386 e. The summed E-state index contributed by atoms with van der Waals surface area (Å²) in [5, 5.41) is 9.90. The number of rotatable bonds is 8. The summed E-state index contributed by atoms with van der Waals surface area (Å²) < 4.78 is 105. The standard InChI is InChI=1S/C10H14F4N3O13P3/c11-5-6(18)9(10(12,13)14,28-7(5)17-2-1-4(15)16-8(17)19)3-27-32(23,24)30-33(25,26)29-31(20,21)22/h1-2,5-7,18H,3H2,(H,23,24)(H,25,26)(H2,15,16,19)(H2,20,21,22)/t5-,6+,7-,9-/m1/s1. The summed E-state index contributed by atoms with van der Waals surface area (Å²) in [6.07, 6.45) is -13.8. The van der Waals surface area contributed by atoms with Crippen LogP contribution in [0.1, 0.15) is 6.23 Å². The molecule has 0 radical (unpaired) electrons. The van der Waals surface area contributed by atoms with Crippen molar-refractivity contribution in [2.24, 2.45) is 0 Å². The van der Waals surface area contributed by atoms with E-state index in [1.807, 2.05) is 0 Å². The molecule has 7 N–H and O–H groups in total. The summed E-state index contributed by atoms with van der Waals surface area (Å²) in [5.74, 6) is -0.389. The monoisotopic (exact) mass is 553 g/mol. The number of phosphoric acid groups is 3. The van der Waals surface area contributed by atoms with E-state index in [1.54, 1.807) is 0 Å². The Hall–Kier alpha value is -1.27. The van der Waals surface area contributed by atoms with Crippen LogP contribution in [0, 0.1) is 0 Å². The van der Waals surface area contributed by atoms with Crippen LogP contribution in [-0.2, 0) is 31.6 Å². The molecule has 1 aliphatic rings. The first kappa shape index (κ1) is 28.0. The second-order valence-corrected chi connectivity index (χ2v) is 10.6. The molecule has 0 aromatic carbocycles. The lowest BCUT2D eigenvalue weighted by molar-refractivity contribution is -0.304. The molecule has 16 nitrogen and oxygen atoms in total. The lowest BCUT2D eigenvalue weighted by atomic mass is 9.96. The number of nitrogens with zero attached hydrogens (tertiary/aromatic N) is 2. The number of nitrogens with two attached hydrogens (primary N) is 1. The fraction of sp³-hybridized carbons (Fsp3) is 0.600. The van der Waals surface area contributed by atoms with E-state index in [4.69, 9.17) is 20.4 Å². The van der Waals surface area contributed by atoms with Crippen molar-refractivity contribution in [3.05, 3.63) is 22.7 Å². The smallest absolute Gasteiger partial charge is 0.386 e. The Kier molecular flexibility index (Phi) is 7.69. The first-order chi connectivity index (χ1) is 14.7. The molecule has 2 heterocycles. The number of aromatic nitrogens is 2. The molecule has 2 rings (SSSR count). The van der Waals surface area contributed by atoms with E-state index in [0.29, 0.717) is 6.20 Å². The van der Waals surface area contributed by atoms with Gasteiger partial charge >= 0.3 is 35.3 Å². The molecule has 0 aliphatic carbocycles. The zero-order valence-electron chi connectivity index (χ0n) is 15.4. The second-order valence-electron chi connectivity index (χ2n) is 6.19. The number of anilines is 1. The van der Waals surface area contributed by atoms with Gasteiger partial charge in [-0.1, -0.05) is 0 Å². The SMILES string of the molecule is Nc1ccn([C@@H]2O[C@@](COP(=O)(O)OP(=O)(O)OP(=O)(O)O)(C(F)(F)F)[C@@H](O)[C@H]2F)c(=O)n1. The van der Waals surface area contributed by atoms with Gasteiger partial charge in [0.2, 0.25) is 5.60 Å². The fourth-order valence-corrected chi connectivity index (χ4v) is 5.56. The van der Waals surface area contributed by atoms with Gasteiger partial charge in [-0.25, -0.2) is 22.9 Å². The van der Waals surface area contributed by atoms with Gasteiger partial charge < -0.3 is 35.2 Å². The van der Waals surface area contributed by atoms with Gasteiger partial charge in [0, 0.05) is 6.20 Å². The molecule has 0 amide bonds. The van der Waals surface area contributed by atoms with Crippen LogP contribution in [0.15, 0.2) is 17.1 Å². The molecule has 1 aromatic rings. The molecule has 33 heavy (non-hydrogen) atoms. The van der Waals surface area contributed by atoms with Crippen LogP contribution in [0.3, 0.4) is 0 Å². The lowest BCUT2D eigenvalue weighted by Gasteiger charge is -2.33. The molecule has 0 saturated carbocycles. The molecular formula is C10H14F4N3O13P3. The van der Waals surface area contributed by atoms with Crippen molar-refractivity contribution >= 4 is 29.3 Å². The Morgan fingerprint density at radius 2 is 1.76 bits per heavy atom. The van der Waals surface area contributed by atoms with E-state index < -0.39 is 66.0 Å². The molecule has 1 saturated heterocycles. The van der Waals surface area contributed by atoms with Crippen LogP contribution in [0.25, 0.3) is 0 Å². The topological polar surface area (TPSA) is 250 Å². The van der Waals surface area contributed by atoms with Gasteiger partial charge in [-0.15, -0.1) is 0 Å². The van der Waals surface area contributed by atoms with Crippen molar-refractivity contribution in [3.8, 4) is 0 Å². The Bertz CT molecular complexity index is 1090. The summed E-state index contributed by atoms with van der Waals surface area (Å²) in [6.45, 7) is -2.27. The Morgan fingerprint density at radius 1 is 1.18 bits per heavy atom. The van der Waals surface area contributed by atoms with Crippen molar-refractivity contribution in [3.63, 3.8) is 0 Å². The first-order valence-corrected chi connectivity index (χ1v) is 12.4. The normalized spacial score (nSPS) is 30.0. The summed E-state index contributed by atoms with van der Waals surface area (Å²) in [5.41, 5.74) is -0.326. The quantitative estimate of drug-likeness (QED) is 0.179. The zero-order chi connectivity index (χ0) is 25.6. The minimum absolute atomic E-state index is 0.183. The molecule has 0 spiro atoms. The van der Waals surface area contributed by atoms with Crippen LogP contribution in [0.5, 0.6) is 0 Å². The molecule has 0 bridgehead atoms. The van der Waals surface area contributed by atoms with E-state index in [9.17, 15) is 46.1 Å². The summed E-state index contributed by atoms with van der Waals surface area (Å²) in [6, 6.07) is 0.878. The van der Waals surface area contributed by atoms with Gasteiger partial charge in [-0.3, -0.25) is 9.09 Å². The number of nitrogen functional groups attached to an aromatic ring is 1. The van der Waals surface area contributed by atoms with Gasteiger partial charge in [0.25, 0.3) is 0 Å². The summed E-state index contributed by atoms with van der Waals surface area (Å²) >= 11 is 0. The number of aliphatic hydroxyl groups is 1.